The van der Waals surface area contributed by atoms with E-state index >= 15 is 0 Å². The van der Waals surface area contributed by atoms with Gasteiger partial charge in [0.2, 0.25) is 15.9 Å². The lowest BCUT2D eigenvalue weighted by atomic mass is 10.1. The van der Waals surface area contributed by atoms with Crippen molar-refractivity contribution >= 4 is 21.6 Å². The van der Waals surface area contributed by atoms with Crippen molar-refractivity contribution < 1.29 is 17.9 Å². The van der Waals surface area contributed by atoms with E-state index in [9.17, 15) is 13.2 Å². The van der Waals surface area contributed by atoms with Crippen LogP contribution >= 0.6 is 0 Å². The van der Waals surface area contributed by atoms with Crippen LogP contribution < -0.4 is 14.4 Å². The average molecular weight is 405 g/mol. The number of benzene rings is 2. The molecule has 7 heteroatoms. The summed E-state index contributed by atoms with van der Waals surface area (Å²) in [5, 5.41) is 2.79. The second-order valence-electron chi connectivity index (χ2n) is 6.72. The standard InChI is InChI=1S/C21H28N2O4S/c1-5-19(23(28(4,25)26)18-12-10-16(2)11-13-18)21(24)22-14-15-27-20-9-7-6-8-17(20)3/h6-13,19H,5,14-15H2,1-4H3,(H,22,24)/t19-/m1/s1. The molecule has 2 rings (SSSR count). The van der Waals surface area contributed by atoms with Gasteiger partial charge in [-0.3, -0.25) is 9.10 Å². The smallest absolute Gasteiger partial charge is 0.244 e. The van der Waals surface area contributed by atoms with Crippen molar-refractivity contribution in [3.8, 4) is 5.75 Å². The molecule has 0 heterocycles. The number of amides is 1. The van der Waals surface area contributed by atoms with Crippen LogP contribution in [0.3, 0.4) is 0 Å². The Bertz CT molecular complexity index is 895. The van der Waals surface area contributed by atoms with E-state index in [1.165, 1.54) is 4.31 Å². The van der Waals surface area contributed by atoms with Crippen molar-refractivity contribution in [2.45, 2.75) is 33.2 Å². The first-order valence-electron chi connectivity index (χ1n) is 9.26. The molecule has 0 unspecified atom stereocenters. The Morgan fingerprint density at radius 2 is 1.75 bits per heavy atom. The molecule has 0 saturated heterocycles. The summed E-state index contributed by atoms with van der Waals surface area (Å²) >= 11 is 0. The third-order valence-electron chi connectivity index (χ3n) is 4.37. The summed E-state index contributed by atoms with van der Waals surface area (Å²) < 4.78 is 31.7. The fraction of sp³-hybridized carbons (Fsp3) is 0.381. The van der Waals surface area contributed by atoms with Crippen LogP contribution in [-0.4, -0.2) is 39.8 Å². The highest BCUT2D eigenvalue weighted by molar-refractivity contribution is 7.92. The number of hydrogen-bond donors (Lipinski definition) is 1. The van der Waals surface area contributed by atoms with Gasteiger partial charge in [0, 0.05) is 0 Å². The van der Waals surface area contributed by atoms with Crippen molar-refractivity contribution in [3.05, 3.63) is 59.7 Å². The van der Waals surface area contributed by atoms with Gasteiger partial charge in [-0.05, 0) is 44.0 Å². The number of carbonyl (C=O) groups is 1. The van der Waals surface area contributed by atoms with Crippen LogP contribution in [0.2, 0.25) is 0 Å². The van der Waals surface area contributed by atoms with Crippen molar-refractivity contribution in [3.63, 3.8) is 0 Å². The summed E-state index contributed by atoms with van der Waals surface area (Å²) in [6, 6.07) is 13.9. The summed E-state index contributed by atoms with van der Waals surface area (Å²) in [6.45, 7) is 6.26. The lowest BCUT2D eigenvalue weighted by Crippen LogP contribution is -2.50. The molecule has 0 aliphatic carbocycles. The minimum Gasteiger partial charge on any atom is -0.491 e. The first kappa shape index (κ1) is 21.8. The molecule has 6 nitrogen and oxygen atoms in total. The monoisotopic (exact) mass is 404 g/mol. The highest BCUT2D eigenvalue weighted by atomic mass is 32.2. The molecule has 2 aromatic rings. The van der Waals surface area contributed by atoms with Crippen LogP contribution in [0, 0.1) is 13.8 Å². The normalized spacial score (nSPS) is 12.3. The third kappa shape index (κ3) is 5.73. The van der Waals surface area contributed by atoms with E-state index in [-0.39, 0.29) is 12.5 Å². The number of anilines is 1. The fourth-order valence-electron chi connectivity index (χ4n) is 2.92. The van der Waals surface area contributed by atoms with Gasteiger partial charge in [-0.25, -0.2) is 8.42 Å². The summed E-state index contributed by atoms with van der Waals surface area (Å²) in [5.74, 6) is 0.420. The number of nitrogens with one attached hydrogen (secondary N) is 1. The maximum absolute atomic E-state index is 12.7. The highest BCUT2D eigenvalue weighted by Gasteiger charge is 2.31. The van der Waals surface area contributed by atoms with Crippen LogP contribution in [-0.2, 0) is 14.8 Å². The molecule has 0 aromatic heterocycles. The second-order valence-corrected chi connectivity index (χ2v) is 8.58. The number of ether oxygens (including phenoxy) is 1. The van der Waals surface area contributed by atoms with Crippen LogP contribution in [0.25, 0.3) is 0 Å². The quantitative estimate of drug-likeness (QED) is 0.652. The topological polar surface area (TPSA) is 75.7 Å². The minimum absolute atomic E-state index is 0.287. The predicted octanol–water partition coefficient (Wildman–Crippen LogP) is 3.04. The molecular formula is C21H28N2O4S. The third-order valence-corrected chi connectivity index (χ3v) is 5.55. The fourth-order valence-corrected chi connectivity index (χ4v) is 4.14. The largest absolute Gasteiger partial charge is 0.491 e. The van der Waals surface area contributed by atoms with E-state index in [1.54, 1.807) is 19.1 Å². The van der Waals surface area contributed by atoms with Gasteiger partial charge >= 0.3 is 0 Å². The van der Waals surface area contributed by atoms with Crippen LogP contribution in [0.15, 0.2) is 48.5 Å². The van der Waals surface area contributed by atoms with Gasteiger partial charge in [0.1, 0.15) is 18.4 Å². The van der Waals surface area contributed by atoms with Gasteiger partial charge in [0.15, 0.2) is 0 Å². The average Bonchev–Trinajstić information content (AvgIpc) is 2.64. The van der Waals surface area contributed by atoms with E-state index in [1.807, 2.05) is 50.2 Å². The molecule has 0 aliphatic rings. The lowest BCUT2D eigenvalue weighted by molar-refractivity contribution is -0.122. The summed E-state index contributed by atoms with van der Waals surface area (Å²) in [7, 11) is -3.63. The molecule has 0 radical (unpaired) electrons. The number of aryl methyl sites for hydroxylation is 2. The number of sulfonamides is 1. The zero-order chi connectivity index (χ0) is 20.7. The van der Waals surface area contributed by atoms with Gasteiger partial charge in [-0.2, -0.15) is 0 Å². The van der Waals surface area contributed by atoms with Gasteiger partial charge < -0.3 is 10.1 Å². The van der Waals surface area contributed by atoms with Crippen molar-refractivity contribution in [1.29, 1.82) is 0 Å². The first-order chi connectivity index (χ1) is 13.2. The molecule has 152 valence electrons. The molecule has 0 fully saturated rings. The zero-order valence-corrected chi connectivity index (χ0v) is 17.6. The predicted molar refractivity (Wildman–Crippen MR) is 112 cm³/mol. The molecule has 28 heavy (non-hydrogen) atoms. The maximum Gasteiger partial charge on any atom is 0.244 e. The van der Waals surface area contributed by atoms with Gasteiger partial charge in [0.05, 0.1) is 18.5 Å². The Morgan fingerprint density at radius 1 is 1.11 bits per heavy atom. The molecule has 0 spiro atoms. The van der Waals surface area contributed by atoms with E-state index in [2.05, 4.69) is 5.32 Å². The first-order valence-corrected chi connectivity index (χ1v) is 11.1. The molecule has 1 N–H and O–H groups in total. The van der Waals surface area contributed by atoms with Crippen molar-refractivity contribution in [1.82, 2.24) is 5.32 Å². The molecular weight excluding hydrogens is 376 g/mol. The van der Waals surface area contributed by atoms with E-state index < -0.39 is 16.1 Å². The Morgan fingerprint density at radius 3 is 2.32 bits per heavy atom. The van der Waals surface area contributed by atoms with Crippen LogP contribution in [0.1, 0.15) is 24.5 Å². The van der Waals surface area contributed by atoms with Gasteiger partial charge in [-0.15, -0.1) is 0 Å². The Labute approximate surface area is 167 Å². The number of rotatable bonds is 9. The number of hydrogen-bond acceptors (Lipinski definition) is 4. The highest BCUT2D eigenvalue weighted by Crippen LogP contribution is 2.23. The molecule has 1 atom stereocenters. The minimum atomic E-state index is -3.63. The second kappa shape index (κ2) is 9.59. The molecule has 0 saturated carbocycles. The molecule has 0 aliphatic heterocycles. The number of para-hydroxylation sites is 1. The number of nitrogens with zero attached hydrogens (tertiary/aromatic N) is 1. The SMILES string of the molecule is CC[C@H](C(=O)NCCOc1ccccc1C)N(c1ccc(C)cc1)S(C)(=O)=O. The maximum atomic E-state index is 12.7. The zero-order valence-electron chi connectivity index (χ0n) is 16.8. The summed E-state index contributed by atoms with van der Waals surface area (Å²) in [5.41, 5.74) is 2.51. The van der Waals surface area contributed by atoms with E-state index in [0.717, 1.165) is 23.1 Å². The van der Waals surface area contributed by atoms with Crippen molar-refractivity contribution in [2.75, 3.05) is 23.7 Å². The Hall–Kier alpha value is -2.54. The lowest BCUT2D eigenvalue weighted by Gasteiger charge is -2.30. The Balaban J connectivity index is 2.05. The van der Waals surface area contributed by atoms with Gasteiger partial charge in [-0.1, -0.05) is 42.8 Å². The van der Waals surface area contributed by atoms with Gasteiger partial charge in [0.25, 0.3) is 0 Å². The van der Waals surface area contributed by atoms with E-state index in [0.29, 0.717) is 18.7 Å². The van der Waals surface area contributed by atoms with E-state index in [4.69, 9.17) is 4.74 Å². The number of carbonyl (C=O) groups excluding carboxylic acids is 1. The Kier molecular flexibility index (Phi) is 7.45. The summed E-state index contributed by atoms with van der Waals surface area (Å²) in [4.78, 5) is 12.7. The van der Waals surface area contributed by atoms with Crippen LogP contribution in [0.4, 0.5) is 5.69 Å². The molecule has 2 aromatic carbocycles. The summed E-state index contributed by atoms with van der Waals surface area (Å²) in [6.07, 6.45) is 1.47. The molecule has 0 bridgehead atoms. The molecule has 1 amide bonds. The van der Waals surface area contributed by atoms with Crippen molar-refractivity contribution in [2.24, 2.45) is 0 Å². The van der Waals surface area contributed by atoms with Crippen LogP contribution in [0.5, 0.6) is 5.75 Å².